The summed E-state index contributed by atoms with van der Waals surface area (Å²) in [6, 6.07) is 29.1. The first-order chi connectivity index (χ1) is 21.5. The number of carbonyl (C=O) groups is 2. The largest absolute Gasteiger partial charge is 0.352 e. The van der Waals surface area contributed by atoms with Crippen LogP contribution in [0.2, 0.25) is 5.02 Å². The number of halogens is 1. The van der Waals surface area contributed by atoms with Gasteiger partial charge in [-0.2, -0.15) is 0 Å². The number of nitrogens with one attached hydrogen (secondary N) is 1. The summed E-state index contributed by atoms with van der Waals surface area (Å²) in [5, 5.41) is 3.51. The standard InChI is InChI=1S/C36H40ClN3O4S/c1-5-28(4)38-36(42)34(23-29-14-8-6-9-15-29)39(24-30-16-12-13-26(2)21-30)35(41)25-40(33-20-19-31(37)22-27(33)3)45(43,44)32-17-10-7-11-18-32/h6-22,28,34H,5,23-25H2,1-4H3,(H,38,42). The quantitative estimate of drug-likeness (QED) is 0.175. The lowest BCUT2D eigenvalue weighted by Crippen LogP contribution is -2.54. The molecule has 0 heterocycles. The first-order valence-corrected chi connectivity index (χ1v) is 16.8. The minimum Gasteiger partial charge on any atom is -0.352 e. The highest BCUT2D eigenvalue weighted by Gasteiger charge is 2.35. The molecule has 4 aromatic carbocycles. The van der Waals surface area contributed by atoms with E-state index in [1.165, 1.54) is 17.0 Å². The van der Waals surface area contributed by atoms with E-state index >= 15 is 0 Å². The average Bonchev–Trinajstić information content (AvgIpc) is 3.02. The molecule has 0 fully saturated rings. The number of nitrogens with zero attached hydrogens (tertiary/aromatic N) is 2. The molecule has 0 radical (unpaired) electrons. The third kappa shape index (κ3) is 8.74. The first kappa shape index (κ1) is 33.7. The van der Waals surface area contributed by atoms with Gasteiger partial charge in [0.15, 0.2) is 0 Å². The van der Waals surface area contributed by atoms with Crippen molar-refractivity contribution in [3.8, 4) is 0 Å². The number of hydrogen-bond donors (Lipinski definition) is 1. The zero-order valence-corrected chi connectivity index (χ0v) is 27.7. The van der Waals surface area contributed by atoms with Gasteiger partial charge in [-0.1, -0.05) is 96.9 Å². The number of carbonyl (C=O) groups excluding carboxylic acids is 2. The number of sulfonamides is 1. The molecular formula is C36H40ClN3O4S. The number of anilines is 1. The lowest BCUT2D eigenvalue weighted by Gasteiger charge is -2.34. The molecule has 4 aromatic rings. The molecule has 45 heavy (non-hydrogen) atoms. The zero-order valence-electron chi connectivity index (χ0n) is 26.1. The van der Waals surface area contributed by atoms with Crippen molar-refractivity contribution in [2.45, 2.75) is 64.1 Å². The van der Waals surface area contributed by atoms with Crippen LogP contribution >= 0.6 is 11.6 Å². The van der Waals surface area contributed by atoms with Crippen LogP contribution in [0.4, 0.5) is 5.69 Å². The molecular weight excluding hydrogens is 606 g/mol. The molecule has 2 atom stereocenters. The molecule has 0 saturated carbocycles. The molecule has 0 aliphatic rings. The van der Waals surface area contributed by atoms with Crippen LogP contribution in [-0.4, -0.2) is 43.8 Å². The van der Waals surface area contributed by atoms with Crippen LogP contribution in [0, 0.1) is 13.8 Å². The number of rotatable bonds is 13. The van der Waals surface area contributed by atoms with E-state index in [0.717, 1.165) is 21.0 Å². The van der Waals surface area contributed by atoms with E-state index in [9.17, 15) is 18.0 Å². The Morgan fingerprint density at radius 3 is 2.11 bits per heavy atom. The normalized spacial score (nSPS) is 12.6. The van der Waals surface area contributed by atoms with E-state index in [1.807, 2.05) is 75.4 Å². The Balaban J connectivity index is 1.83. The fourth-order valence-electron chi connectivity index (χ4n) is 5.13. The number of hydrogen-bond acceptors (Lipinski definition) is 4. The Kier molecular flexibility index (Phi) is 11.4. The maximum Gasteiger partial charge on any atom is 0.264 e. The van der Waals surface area contributed by atoms with Crippen LogP contribution in [0.5, 0.6) is 0 Å². The Hall–Kier alpha value is -4.14. The van der Waals surface area contributed by atoms with Crippen molar-refractivity contribution < 1.29 is 18.0 Å². The number of benzene rings is 4. The summed E-state index contributed by atoms with van der Waals surface area (Å²) < 4.78 is 29.4. The summed E-state index contributed by atoms with van der Waals surface area (Å²) in [4.78, 5) is 30.1. The van der Waals surface area contributed by atoms with Crippen LogP contribution < -0.4 is 9.62 Å². The van der Waals surface area contributed by atoms with Gasteiger partial charge in [0.05, 0.1) is 10.6 Å². The molecule has 2 amide bonds. The lowest BCUT2D eigenvalue weighted by atomic mass is 10.0. The summed E-state index contributed by atoms with van der Waals surface area (Å²) in [5.41, 5.74) is 3.64. The average molecular weight is 646 g/mol. The Morgan fingerprint density at radius 2 is 1.49 bits per heavy atom. The summed E-state index contributed by atoms with van der Waals surface area (Å²) in [7, 11) is -4.18. The summed E-state index contributed by atoms with van der Waals surface area (Å²) in [5.74, 6) is -0.806. The predicted octanol–water partition coefficient (Wildman–Crippen LogP) is 6.71. The molecule has 0 spiro atoms. The minimum atomic E-state index is -4.18. The van der Waals surface area contributed by atoms with Crippen molar-refractivity contribution in [2.24, 2.45) is 0 Å². The number of aryl methyl sites for hydroxylation is 2. The van der Waals surface area contributed by atoms with Crippen LogP contribution in [0.3, 0.4) is 0 Å². The zero-order chi connectivity index (χ0) is 32.6. The maximum absolute atomic E-state index is 14.6. The maximum atomic E-state index is 14.6. The molecule has 1 N–H and O–H groups in total. The Bertz CT molecular complexity index is 1720. The van der Waals surface area contributed by atoms with Crippen molar-refractivity contribution in [3.63, 3.8) is 0 Å². The van der Waals surface area contributed by atoms with Crippen molar-refractivity contribution in [2.75, 3.05) is 10.8 Å². The third-order valence-corrected chi connectivity index (χ3v) is 9.75. The van der Waals surface area contributed by atoms with Gasteiger partial charge in [-0.3, -0.25) is 13.9 Å². The molecule has 9 heteroatoms. The Morgan fingerprint density at radius 1 is 0.844 bits per heavy atom. The smallest absolute Gasteiger partial charge is 0.264 e. The van der Waals surface area contributed by atoms with E-state index < -0.39 is 28.5 Å². The SMILES string of the molecule is CCC(C)NC(=O)C(Cc1ccccc1)N(Cc1cccc(C)c1)C(=O)CN(c1ccc(Cl)cc1C)S(=O)(=O)c1ccccc1. The summed E-state index contributed by atoms with van der Waals surface area (Å²) >= 11 is 6.23. The highest BCUT2D eigenvalue weighted by atomic mass is 35.5. The fourth-order valence-corrected chi connectivity index (χ4v) is 6.86. The minimum absolute atomic E-state index is 0.0488. The van der Waals surface area contributed by atoms with Crippen molar-refractivity contribution in [3.05, 3.63) is 130 Å². The van der Waals surface area contributed by atoms with Crippen molar-refractivity contribution >= 4 is 39.1 Å². The molecule has 0 aliphatic heterocycles. The highest BCUT2D eigenvalue weighted by molar-refractivity contribution is 7.92. The molecule has 0 bridgehead atoms. The second kappa shape index (κ2) is 15.2. The van der Waals surface area contributed by atoms with E-state index in [0.29, 0.717) is 22.7 Å². The fraction of sp³-hybridized carbons (Fsp3) is 0.278. The topological polar surface area (TPSA) is 86.8 Å². The van der Waals surface area contributed by atoms with Crippen LogP contribution in [0.15, 0.2) is 108 Å². The van der Waals surface area contributed by atoms with Gasteiger partial charge in [0.1, 0.15) is 12.6 Å². The molecule has 7 nitrogen and oxygen atoms in total. The second-order valence-electron chi connectivity index (χ2n) is 11.3. The van der Waals surface area contributed by atoms with Crippen LogP contribution in [0.25, 0.3) is 0 Å². The van der Waals surface area contributed by atoms with Crippen LogP contribution in [-0.2, 0) is 32.6 Å². The molecule has 4 rings (SSSR count). The predicted molar refractivity (Wildman–Crippen MR) is 181 cm³/mol. The van der Waals surface area contributed by atoms with Gasteiger partial charge < -0.3 is 10.2 Å². The van der Waals surface area contributed by atoms with Crippen LogP contribution in [0.1, 0.15) is 42.5 Å². The molecule has 2 unspecified atom stereocenters. The van der Waals surface area contributed by atoms with Gasteiger partial charge in [-0.05, 0) is 74.2 Å². The summed E-state index contributed by atoms with van der Waals surface area (Å²) in [6.07, 6.45) is 0.973. The second-order valence-corrected chi connectivity index (χ2v) is 13.6. The highest BCUT2D eigenvalue weighted by Crippen LogP contribution is 2.29. The van der Waals surface area contributed by atoms with Gasteiger partial charge in [-0.15, -0.1) is 0 Å². The van der Waals surface area contributed by atoms with Gasteiger partial charge in [-0.25, -0.2) is 8.42 Å². The number of amides is 2. The van der Waals surface area contributed by atoms with E-state index in [2.05, 4.69) is 5.32 Å². The van der Waals surface area contributed by atoms with E-state index in [-0.39, 0.29) is 29.8 Å². The van der Waals surface area contributed by atoms with Crippen molar-refractivity contribution in [1.29, 1.82) is 0 Å². The molecule has 0 aliphatic carbocycles. The lowest BCUT2D eigenvalue weighted by molar-refractivity contribution is -0.140. The Labute approximate surface area is 271 Å². The first-order valence-electron chi connectivity index (χ1n) is 15.0. The van der Waals surface area contributed by atoms with Gasteiger partial charge >= 0.3 is 0 Å². The van der Waals surface area contributed by atoms with Gasteiger partial charge in [0.25, 0.3) is 10.0 Å². The van der Waals surface area contributed by atoms with E-state index in [1.54, 1.807) is 43.3 Å². The summed E-state index contributed by atoms with van der Waals surface area (Å²) in [6.45, 7) is 7.21. The molecule has 236 valence electrons. The van der Waals surface area contributed by atoms with Crippen molar-refractivity contribution in [1.82, 2.24) is 10.2 Å². The van der Waals surface area contributed by atoms with E-state index in [4.69, 9.17) is 11.6 Å². The van der Waals surface area contributed by atoms with Gasteiger partial charge in [0, 0.05) is 24.0 Å². The third-order valence-electron chi connectivity index (χ3n) is 7.75. The monoisotopic (exact) mass is 645 g/mol. The molecule has 0 aromatic heterocycles. The van der Waals surface area contributed by atoms with Gasteiger partial charge in [0.2, 0.25) is 11.8 Å². The molecule has 0 saturated heterocycles.